The van der Waals surface area contributed by atoms with Crippen LogP contribution in [0.4, 0.5) is 0 Å². The van der Waals surface area contributed by atoms with E-state index in [0.29, 0.717) is 11.5 Å². The van der Waals surface area contributed by atoms with Crippen LogP contribution in [0.25, 0.3) is 32.4 Å². The minimum atomic E-state index is -0.0710. The summed E-state index contributed by atoms with van der Waals surface area (Å²) in [6.07, 6.45) is 2.80. The molecule has 5 aromatic rings. The van der Waals surface area contributed by atoms with Crippen molar-refractivity contribution >= 4 is 32.4 Å². The average Bonchev–Trinajstić information content (AvgIpc) is 2.87. The number of hydrogen-bond acceptors (Lipinski definition) is 4. The van der Waals surface area contributed by atoms with E-state index in [0.717, 1.165) is 55.7 Å². The van der Waals surface area contributed by atoms with Crippen LogP contribution in [0, 0.1) is 0 Å². The monoisotopic (exact) mass is 454 g/mol. The summed E-state index contributed by atoms with van der Waals surface area (Å²) in [5.74, 6) is 2.17. The van der Waals surface area contributed by atoms with E-state index < -0.39 is 0 Å². The highest BCUT2D eigenvalue weighted by atomic mass is 16.5. The molecule has 0 radical (unpaired) electrons. The molecule has 0 aliphatic rings. The third kappa shape index (κ3) is 3.40. The zero-order chi connectivity index (χ0) is 23.8. The molecule has 0 saturated carbocycles. The van der Waals surface area contributed by atoms with E-state index in [1.54, 1.807) is 21.3 Å². The van der Waals surface area contributed by atoms with E-state index in [2.05, 4.69) is 59.3 Å². The van der Waals surface area contributed by atoms with Gasteiger partial charge in [-0.1, -0.05) is 48.5 Å². The lowest BCUT2D eigenvalue weighted by Crippen LogP contribution is -2.28. The van der Waals surface area contributed by atoms with Crippen LogP contribution in [-0.2, 0) is 20.1 Å². The molecule has 1 N–H and O–H groups in total. The summed E-state index contributed by atoms with van der Waals surface area (Å²) in [6, 6.07) is 20.8. The van der Waals surface area contributed by atoms with Crippen molar-refractivity contribution in [2.24, 2.45) is 7.05 Å². The number of aryl methyl sites for hydroxylation is 1. The lowest BCUT2D eigenvalue weighted by atomic mass is 9.93. The van der Waals surface area contributed by atoms with Gasteiger partial charge in [0.1, 0.15) is 12.8 Å². The Hall–Kier alpha value is -3.83. The Kier molecular flexibility index (Phi) is 5.72. The maximum atomic E-state index is 9.78. The molecule has 0 spiro atoms. The van der Waals surface area contributed by atoms with E-state index in [9.17, 15) is 5.11 Å². The van der Waals surface area contributed by atoms with Crippen LogP contribution in [-0.4, -0.2) is 26.4 Å². The van der Waals surface area contributed by atoms with Crippen LogP contribution in [0.5, 0.6) is 17.2 Å². The van der Waals surface area contributed by atoms with E-state index >= 15 is 0 Å². The van der Waals surface area contributed by atoms with Gasteiger partial charge >= 0.3 is 0 Å². The summed E-state index contributed by atoms with van der Waals surface area (Å²) in [7, 11) is 7.06. The number of benzene rings is 4. The third-order valence-electron chi connectivity index (χ3n) is 6.58. The molecular formula is C29H28NO4+. The molecule has 1 aromatic heterocycles. The molecule has 0 fully saturated rings. The Bertz CT molecular complexity index is 1530. The van der Waals surface area contributed by atoms with Crippen LogP contribution < -0.4 is 18.8 Å². The van der Waals surface area contributed by atoms with Crippen LogP contribution in [0.1, 0.15) is 16.7 Å². The zero-order valence-electron chi connectivity index (χ0n) is 19.9. The number of aliphatic hydroxyl groups is 1. The first-order chi connectivity index (χ1) is 16.6. The summed E-state index contributed by atoms with van der Waals surface area (Å²) >= 11 is 0. The number of nitrogens with zero attached hydrogens (tertiary/aromatic N) is 1. The Labute approximate surface area is 198 Å². The Balaban J connectivity index is 1.89. The number of methoxy groups -OCH3 is 3. The molecule has 172 valence electrons. The van der Waals surface area contributed by atoms with E-state index in [-0.39, 0.29) is 6.61 Å². The maximum Gasteiger partial charge on any atom is 0.220 e. The first-order valence-corrected chi connectivity index (χ1v) is 11.2. The molecule has 0 saturated heterocycles. The highest BCUT2D eigenvalue weighted by Crippen LogP contribution is 2.42. The van der Waals surface area contributed by atoms with Crippen molar-refractivity contribution in [3.8, 4) is 17.2 Å². The van der Waals surface area contributed by atoms with Gasteiger partial charge in [-0.05, 0) is 23.1 Å². The second kappa shape index (κ2) is 8.84. The summed E-state index contributed by atoms with van der Waals surface area (Å²) in [4.78, 5) is 0. The lowest BCUT2D eigenvalue weighted by Gasteiger charge is -2.17. The molecule has 0 bridgehead atoms. The van der Waals surface area contributed by atoms with Crippen molar-refractivity contribution in [1.82, 2.24) is 0 Å². The molecule has 4 aromatic carbocycles. The van der Waals surface area contributed by atoms with Crippen molar-refractivity contribution in [3.63, 3.8) is 0 Å². The molecular weight excluding hydrogens is 426 g/mol. The minimum Gasteiger partial charge on any atom is -0.495 e. The van der Waals surface area contributed by atoms with Gasteiger partial charge in [0, 0.05) is 22.9 Å². The highest BCUT2D eigenvalue weighted by Gasteiger charge is 2.23. The number of fused-ring (bicyclic) bond motifs is 5. The fraction of sp³-hybridized carbons (Fsp3) is 0.207. The molecule has 5 nitrogen and oxygen atoms in total. The summed E-state index contributed by atoms with van der Waals surface area (Å²) in [5, 5.41) is 15.1. The predicted molar refractivity (Wildman–Crippen MR) is 135 cm³/mol. The van der Waals surface area contributed by atoms with Crippen LogP contribution in [0.3, 0.4) is 0 Å². The van der Waals surface area contributed by atoms with Crippen LogP contribution in [0.15, 0.2) is 66.9 Å². The summed E-state index contributed by atoms with van der Waals surface area (Å²) in [6.45, 7) is -0.0710. The first-order valence-electron chi connectivity index (χ1n) is 11.2. The predicted octanol–water partition coefficient (Wildman–Crippen LogP) is 5.08. The van der Waals surface area contributed by atoms with Crippen molar-refractivity contribution in [1.29, 1.82) is 0 Å². The molecule has 0 aliphatic carbocycles. The first kappa shape index (κ1) is 22.0. The van der Waals surface area contributed by atoms with Crippen LogP contribution >= 0.6 is 0 Å². The van der Waals surface area contributed by atoms with Gasteiger partial charge in [0.15, 0.2) is 17.7 Å². The van der Waals surface area contributed by atoms with Crippen molar-refractivity contribution < 1.29 is 23.9 Å². The standard InChI is InChI=1S/C29H28NO4/c1-30-16-25-20(11-10-19(17-31)28(25)33-3)22-13-12-21-23(27(22)30)15-26(32-2)29(34-4)24(21)14-18-8-6-5-7-9-18/h5-13,15-16,31H,14,17H2,1-4H3/q+1. The Morgan fingerprint density at radius 2 is 1.44 bits per heavy atom. The maximum absolute atomic E-state index is 9.78. The molecule has 34 heavy (non-hydrogen) atoms. The molecule has 0 amide bonds. The summed E-state index contributed by atoms with van der Waals surface area (Å²) < 4.78 is 19.4. The van der Waals surface area contributed by atoms with Crippen molar-refractivity contribution in [2.75, 3.05) is 21.3 Å². The average molecular weight is 455 g/mol. The van der Waals surface area contributed by atoms with Gasteiger partial charge in [-0.25, -0.2) is 0 Å². The van der Waals surface area contributed by atoms with Gasteiger partial charge in [-0.15, -0.1) is 0 Å². The Morgan fingerprint density at radius 1 is 0.735 bits per heavy atom. The fourth-order valence-corrected chi connectivity index (χ4v) is 5.06. The van der Waals surface area contributed by atoms with Gasteiger partial charge in [0.25, 0.3) is 0 Å². The zero-order valence-corrected chi connectivity index (χ0v) is 19.9. The third-order valence-corrected chi connectivity index (χ3v) is 6.58. The second-order valence-electron chi connectivity index (χ2n) is 8.43. The number of hydrogen-bond donors (Lipinski definition) is 1. The number of pyridine rings is 1. The van der Waals surface area contributed by atoms with Gasteiger partial charge in [-0.2, -0.15) is 4.57 Å². The van der Waals surface area contributed by atoms with E-state index in [1.807, 2.05) is 19.2 Å². The quantitative estimate of drug-likeness (QED) is 0.287. The van der Waals surface area contributed by atoms with Crippen molar-refractivity contribution in [3.05, 3.63) is 83.6 Å². The van der Waals surface area contributed by atoms with Gasteiger partial charge in [0.05, 0.1) is 44.1 Å². The molecule has 0 aliphatic heterocycles. The Morgan fingerprint density at radius 3 is 2.12 bits per heavy atom. The minimum absolute atomic E-state index is 0.0710. The molecule has 5 heteroatoms. The van der Waals surface area contributed by atoms with E-state index in [1.165, 1.54) is 5.56 Å². The number of ether oxygens (including phenoxy) is 3. The SMILES string of the molecule is COc1cc2c(ccc3c4ccc(CO)c(OC)c4c[n+](C)c23)c(Cc2ccccc2)c1OC. The fourth-order valence-electron chi connectivity index (χ4n) is 5.06. The molecule has 1 heterocycles. The number of rotatable bonds is 6. The number of aliphatic hydroxyl groups excluding tert-OH is 1. The topological polar surface area (TPSA) is 51.8 Å². The number of aromatic nitrogens is 1. The van der Waals surface area contributed by atoms with E-state index in [4.69, 9.17) is 14.2 Å². The normalized spacial score (nSPS) is 11.3. The lowest BCUT2D eigenvalue weighted by molar-refractivity contribution is -0.642. The summed E-state index contributed by atoms with van der Waals surface area (Å²) in [5.41, 5.74) is 4.17. The molecule has 0 atom stereocenters. The highest BCUT2D eigenvalue weighted by molar-refractivity contribution is 6.15. The van der Waals surface area contributed by atoms with Gasteiger partial charge in [-0.3, -0.25) is 0 Å². The second-order valence-corrected chi connectivity index (χ2v) is 8.43. The smallest absolute Gasteiger partial charge is 0.220 e. The van der Waals surface area contributed by atoms with Crippen LogP contribution in [0.2, 0.25) is 0 Å². The molecule has 5 rings (SSSR count). The molecule has 0 unspecified atom stereocenters. The van der Waals surface area contributed by atoms with Gasteiger partial charge in [0.2, 0.25) is 5.52 Å². The van der Waals surface area contributed by atoms with Gasteiger partial charge < -0.3 is 19.3 Å². The largest absolute Gasteiger partial charge is 0.495 e. The van der Waals surface area contributed by atoms with Crippen molar-refractivity contribution in [2.45, 2.75) is 13.0 Å².